The highest BCUT2D eigenvalue weighted by atomic mass is 16.7. The van der Waals surface area contributed by atoms with Crippen LogP contribution in [0, 0.1) is 0 Å². The number of fused-ring (bicyclic) bond motifs is 1. The smallest absolute Gasteiger partial charge is 0.444 e. The fraction of sp³-hybridized carbons (Fsp3) is 0.583. The van der Waals surface area contributed by atoms with Crippen LogP contribution in [0.3, 0.4) is 0 Å². The van der Waals surface area contributed by atoms with Gasteiger partial charge in [0.1, 0.15) is 11.4 Å². The average molecular weight is 427 g/mol. The van der Waals surface area contributed by atoms with E-state index < -0.39 is 30.0 Å². The molecule has 31 heavy (non-hydrogen) atoms. The van der Waals surface area contributed by atoms with Crippen molar-refractivity contribution < 1.29 is 23.6 Å². The highest BCUT2D eigenvalue weighted by Crippen LogP contribution is 2.39. The van der Waals surface area contributed by atoms with Crippen molar-refractivity contribution in [2.45, 2.75) is 84.5 Å². The van der Waals surface area contributed by atoms with Crippen molar-refractivity contribution in [1.82, 2.24) is 5.32 Å². The van der Waals surface area contributed by atoms with Crippen molar-refractivity contribution in [2.24, 2.45) is 0 Å². The van der Waals surface area contributed by atoms with Crippen LogP contribution in [0.2, 0.25) is 0 Å². The summed E-state index contributed by atoms with van der Waals surface area (Å²) in [7, 11) is -0.586. The lowest BCUT2D eigenvalue weighted by Gasteiger charge is -2.32. The van der Waals surface area contributed by atoms with Gasteiger partial charge in [0.05, 0.1) is 11.2 Å². The Morgan fingerprint density at radius 2 is 1.77 bits per heavy atom. The first kappa shape index (κ1) is 23.5. The largest absolute Gasteiger partial charge is 0.492 e. The van der Waals surface area contributed by atoms with E-state index in [-0.39, 0.29) is 12.3 Å². The van der Waals surface area contributed by atoms with Gasteiger partial charge in [-0.25, -0.2) is 4.79 Å². The first-order valence-electron chi connectivity index (χ1n) is 10.9. The molecule has 0 unspecified atom stereocenters. The number of carbonyl (C=O) groups is 2. The number of ether oxygens (including phenoxy) is 1. The molecule has 1 saturated heterocycles. The maximum Gasteiger partial charge on any atom is 0.492 e. The van der Waals surface area contributed by atoms with Gasteiger partial charge in [-0.3, -0.25) is 4.79 Å². The fourth-order valence-corrected chi connectivity index (χ4v) is 3.62. The lowest BCUT2D eigenvalue weighted by molar-refractivity contribution is -0.118. The first-order valence-corrected chi connectivity index (χ1v) is 10.9. The summed E-state index contributed by atoms with van der Waals surface area (Å²) in [6.07, 6.45) is 3.36. The Morgan fingerprint density at radius 3 is 2.39 bits per heavy atom. The highest BCUT2D eigenvalue weighted by Gasteiger charge is 2.52. The van der Waals surface area contributed by atoms with Crippen LogP contribution in [-0.4, -0.2) is 42.3 Å². The van der Waals surface area contributed by atoms with Gasteiger partial charge < -0.3 is 19.4 Å². The monoisotopic (exact) mass is 427 g/mol. The van der Waals surface area contributed by atoms with Crippen LogP contribution in [0.25, 0.3) is 6.08 Å². The predicted molar refractivity (Wildman–Crippen MR) is 122 cm³/mol. The second-order valence-electron chi connectivity index (χ2n) is 10.4. The third kappa shape index (κ3) is 5.77. The zero-order chi connectivity index (χ0) is 23.0. The van der Waals surface area contributed by atoms with Gasteiger partial charge in [0, 0.05) is 19.4 Å². The SMILES string of the molecule is CC(C)(C)OC(=O)NCC(=Cc1ccc2c(c1)CCC(=O)C2)B1OC(C)(C)C(C)(C)O1. The van der Waals surface area contributed by atoms with Gasteiger partial charge >= 0.3 is 13.2 Å². The van der Waals surface area contributed by atoms with Crippen molar-refractivity contribution in [1.29, 1.82) is 0 Å². The van der Waals surface area contributed by atoms with E-state index in [9.17, 15) is 9.59 Å². The number of hydrogen-bond acceptors (Lipinski definition) is 5. The molecule has 2 aliphatic rings. The standard InChI is InChI=1S/C24H34BNO5/c1-22(2,3)29-21(28)26-15-19(25-30-23(4,5)24(6,7)31-25)13-16-8-9-18-14-20(27)11-10-17(18)12-16/h8-9,12-13H,10-11,14-15H2,1-7H3,(H,26,28). The van der Waals surface area contributed by atoms with E-state index in [0.717, 1.165) is 23.0 Å². The predicted octanol–water partition coefficient (Wildman–Crippen LogP) is 4.28. The van der Waals surface area contributed by atoms with E-state index in [1.165, 1.54) is 5.56 Å². The molecule has 0 bridgehead atoms. The summed E-state index contributed by atoms with van der Waals surface area (Å²) in [5, 5.41) is 2.83. The zero-order valence-electron chi connectivity index (χ0n) is 19.8. The first-order chi connectivity index (χ1) is 14.3. The normalized spacial score (nSPS) is 20.4. The minimum absolute atomic E-state index is 0.237. The summed E-state index contributed by atoms with van der Waals surface area (Å²) < 4.78 is 17.8. The Balaban J connectivity index is 1.85. The number of nitrogens with one attached hydrogen (secondary N) is 1. The molecule has 1 heterocycles. The van der Waals surface area contributed by atoms with Crippen LogP contribution in [-0.2, 0) is 31.7 Å². The number of amides is 1. The molecule has 0 saturated carbocycles. The molecule has 7 heteroatoms. The summed E-state index contributed by atoms with van der Waals surface area (Å²) in [6, 6.07) is 6.12. The Hall–Kier alpha value is -2.12. The number of hydrogen-bond donors (Lipinski definition) is 1. The molecule has 168 valence electrons. The molecule has 0 radical (unpaired) electrons. The Labute approximate surface area is 185 Å². The van der Waals surface area contributed by atoms with Gasteiger partial charge in [0.15, 0.2) is 0 Å². The van der Waals surface area contributed by atoms with Gasteiger partial charge in [-0.2, -0.15) is 0 Å². The molecule has 1 fully saturated rings. The van der Waals surface area contributed by atoms with Crippen LogP contribution in [0.1, 0.15) is 71.6 Å². The molecule has 3 rings (SSSR count). The molecule has 1 N–H and O–H groups in total. The number of rotatable bonds is 4. The third-order valence-electron chi connectivity index (χ3n) is 6.03. The molecule has 1 amide bonds. The van der Waals surface area contributed by atoms with Crippen molar-refractivity contribution in [2.75, 3.05) is 6.54 Å². The molecule has 0 aromatic heterocycles. The molecular formula is C24H34BNO5. The Morgan fingerprint density at radius 1 is 1.13 bits per heavy atom. The van der Waals surface area contributed by atoms with E-state index >= 15 is 0 Å². The molecule has 1 aliphatic heterocycles. The maximum absolute atomic E-state index is 12.2. The highest BCUT2D eigenvalue weighted by molar-refractivity contribution is 6.56. The Bertz CT molecular complexity index is 882. The fourth-order valence-electron chi connectivity index (χ4n) is 3.62. The van der Waals surface area contributed by atoms with E-state index in [1.54, 1.807) is 0 Å². The summed E-state index contributed by atoms with van der Waals surface area (Å²) in [5.74, 6) is 0.287. The third-order valence-corrected chi connectivity index (χ3v) is 6.03. The van der Waals surface area contributed by atoms with Crippen molar-refractivity contribution in [3.05, 3.63) is 40.4 Å². The van der Waals surface area contributed by atoms with Crippen molar-refractivity contribution in [3.63, 3.8) is 0 Å². The van der Waals surface area contributed by atoms with Crippen LogP contribution < -0.4 is 5.32 Å². The number of ketones is 1. The van der Waals surface area contributed by atoms with Crippen LogP contribution in [0.5, 0.6) is 0 Å². The maximum atomic E-state index is 12.2. The molecule has 6 nitrogen and oxygen atoms in total. The molecule has 1 aromatic carbocycles. The van der Waals surface area contributed by atoms with E-state index in [2.05, 4.69) is 11.4 Å². The second kappa shape index (κ2) is 8.43. The lowest BCUT2D eigenvalue weighted by Crippen LogP contribution is -2.41. The minimum Gasteiger partial charge on any atom is -0.444 e. The molecule has 1 aliphatic carbocycles. The van der Waals surface area contributed by atoms with Gasteiger partial charge in [-0.1, -0.05) is 24.3 Å². The average Bonchev–Trinajstić information content (AvgIpc) is 2.84. The zero-order valence-corrected chi connectivity index (χ0v) is 19.8. The van der Waals surface area contributed by atoms with E-state index in [1.807, 2.05) is 66.7 Å². The van der Waals surface area contributed by atoms with Gasteiger partial charge in [-0.15, -0.1) is 0 Å². The van der Waals surface area contributed by atoms with Crippen LogP contribution >= 0.6 is 0 Å². The molecule has 0 spiro atoms. The molecule has 1 aromatic rings. The van der Waals surface area contributed by atoms with E-state index in [0.29, 0.717) is 12.8 Å². The lowest BCUT2D eigenvalue weighted by atomic mass is 9.76. The van der Waals surface area contributed by atoms with Crippen LogP contribution in [0.4, 0.5) is 4.79 Å². The summed E-state index contributed by atoms with van der Waals surface area (Å²) >= 11 is 0. The van der Waals surface area contributed by atoms with Gasteiger partial charge in [-0.05, 0) is 77.0 Å². The van der Waals surface area contributed by atoms with Crippen LogP contribution in [0.15, 0.2) is 23.7 Å². The molecular weight excluding hydrogens is 393 g/mol. The number of carbonyl (C=O) groups excluding carboxylic acids is 2. The van der Waals surface area contributed by atoms with Crippen molar-refractivity contribution >= 4 is 25.1 Å². The number of benzene rings is 1. The van der Waals surface area contributed by atoms with Gasteiger partial charge in [0.25, 0.3) is 0 Å². The quantitative estimate of drug-likeness (QED) is 0.726. The summed E-state index contributed by atoms with van der Waals surface area (Å²) in [5.41, 5.74) is 2.53. The Kier molecular flexibility index (Phi) is 6.41. The van der Waals surface area contributed by atoms with Crippen molar-refractivity contribution in [3.8, 4) is 0 Å². The van der Waals surface area contributed by atoms with E-state index in [4.69, 9.17) is 14.0 Å². The topological polar surface area (TPSA) is 73.9 Å². The molecule has 0 atom stereocenters. The number of alkyl carbamates (subject to hydrolysis) is 1. The number of aryl methyl sites for hydroxylation is 1. The van der Waals surface area contributed by atoms with Gasteiger partial charge in [0.2, 0.25) is 0 Å². The second-order valence-corrected chi connectivity index (χ2v) is 10.4. The number of Topliss-reactive ketones (excluding diaryl/α,β-unsaturated/α-hetero) is 1. The minimum atomic E-state index is -0.586. The summed E-state index contributed by atoms with van der Waals surface area (Å²) in [4.78, 5) is 24.0. The summed E-state index contributed by atoms with van der Waals surface area (Å²) in [6.45, 7) is 13.7.